The van der Waals surface area contributed by atoms with Gasteiger partial charge in [-0.25, -0.2) is 0 Å². The Labute approximate surface area is 344 Å². The molecule has 4 heterocycles. The Balaban J connectivity index is 0.853. The van der Waals surface area contributed by atoms with Crippen LogP contribution >= 0.6 is 11.6 Å². The zero-order chi connectivity index (χ0) is 40.6. The largest absolute Gasteiger partial charge is 0.506 e. The molecule has 4 aliphatic rings. The average molecular weight is 815 g/mol. The van der Waals surface area contributed by atoms with Crippen molar-refractivity contribution in [2.24, 2.45) is 5.92 Å². The molecule has 0 radical (unpaired) electrons. The number of unbranched alkanes of at least 4 members (excludes halogenated alkanes) is 1. The standard InChI is InChI=1S/C45H55ClN4O8/c1-56-38-24-39(35(46)23-31(38)25-47-26-37(52)33-11-13-36(51)43-34(33)12-14-41(53)49-43)57-28-42(54)48-19-6-3-8-29-9-7-10-32(22-29)45(17-4-2-5-18-45)44(55)58-40-27-50-20-15-30(40)16-21-50/h7,9-14,22-24,30,37,40,47,51-52H,2-6,8,15-21,25-28H2,1H3,(H,48,54)(H,49,53). The number of hydrogen-bond acceptors (Lipinski definition) is 10. The number of esters is 1. The van der Waals surface area contributed by atoms with E-state index in [0.717, 1.165) is 95.0 Å². The minimum Gasteiger partial charge on any atom is -0.506 e. The van der Waals surface area contributed by atoms with E-state index in [-0.39, 0.29) is 48.0 Å². The summed E-state index contributed by atoms with van der Waals surface area (Å²) in [6.07, 6.45) is 8.72. The molecule has 13 heteroatoms. The molecule has 2 atom stereocenters. The predicted octanol–water partition coefficient (Wildman–Crippen LogP) is 6.08. The molecule has 2 unspecified atom stereocenters. The molecule has 3 aliphatic heterocycles. The number of aromatic hydroxyl groups is 1. The van der Waals surface area contributed by atoms with Gasteiger partial charge in [0.05, 0.1) is 29.2 Å². The van der Waals surface area contributed by atoms with Crippen LogP contribution in [-0.2, 0) is 32.7 Å². The number of aryl methyl sites for hydroxylation is 1. The van der Waals surface area contributed by atoms with Gasteiger partial charge in [0.2, 0.25) is 5.56 Å². The van der Waals surface area contributed by atoms with Crippen molar-refractivity contribution in [3.8, 4) is 17.2 Å². The van der Waals surface area contributed by atoms with Crippen LogP contribution in [-0.4, -0.2) is 84.5 Å². The molecule has 310 valence electrons. The van der Waals surface area contributed by atoms with Crippen LogP contribution in [0.25, 0.3) is 10.9 Å². The molecule has 1 saturated carbocycles. The zero-order valence-corrected chi connectivity index (χ0v) is 34.0. The van der Waals surface area contributed by atoms with Crippen LogP contribution in [0.1, 0.15) is 86.1 Å². The molecule has 1 aliphatic carbocycles. The number of benzene rings is 3. The van der Waals surface area contributed by atoms with Crippen molar-refractivity contribution in [3.05, 3.63) is 98.3 Å². The van der Waals surface area contributed by atoms with Gasteiger partial charge in [-0.3, -0.25) is 19.3 Å². The van der Waals surface area contributed by atoms with E-state index in [9.17, 15) is 24.6 Å². The monoisotopic (exact) mass is 814 g/mol. The number of pyridine rings is 1. The van der Waals surface area contributed by atoms with Gasteiger partial charge in [-0.05, 0) is 98.8 Å². The number of aromatic nitrogens is 1. The van der Waals surface area contributed by atoms with E-state index in [1.807, 2.05) is 0 Å². The third kappa shape index (κ3) is 9.63. The summed E-state index contributed by atoms with van der Waals surface area (Å²) in [5.74, 6) is 0.928. The highest BCUT2D eigenvalue weighted by Gasteiger charge is 2.46. The Morgan fingerprint density at radius 1 is 1.02 bits per heavy atom. The lowest BCUT2D eigenvalue weighted by molar-refractivity contribution is -0.167. The van der Waals surface area contributed by atoms with Crippen molar-refractivity contribution in [2.45, 2.75) is 88.4 Å². The summed E-state index contributed by atoms with van der Waals surface area (Å²) in [7, 11) is 1.53. The lowest BCUT2D eigenvalue weighted by Gasteiger charge is -2.45. The van der Waals surface area contributed by atoms with Gasteiger partial charge in [0.15, 0.2) is 6.61 Å². The molecular formula is C45H55ClN4O8. The smallest absolute Gasteiger partial charge is 0.316 e. The fraction of sp³-hybridized carbons (Fsp3) is 0.489. The second-order valence-corrected chi connectivity index (χ2v) is 16.5. The molecule has 4 aromatic rings. The quantitative estimate of drug-likeness (QED) is 0.0625. The van der Waals surface area contributed by atoms with E-state index >= 15 is 0 Å². The van der Waals surface area contributed by atoms with Crippen molar-refractivity contribution in [1.82, 2.24) is 20.5 Å². The summed E-state index contributed by atoms with van der Waals surface area (Å²) in [4.78, 5) is 43.5. The first kappa shape index (κ1) is 41.5. The number of carbonyl (C=O) groups is 2. The molecule has 1 amide bonds. The van der Waals surface area contributed by atoms with Crippen molar-refractivity contribution in [3.63, 3.8) is 0 Å². The minimum absolute atomic E-state index is 0.0104. The summed E-state index contributed by atoms with van der Waals surface area (Å²) in [6.45, 7) is 3.88. The molecule has 8 rings (SSSR count). The molecule has 2 bridgehead atoms. The SMILES string of the molecule is COc1cc(OCC(=O)NCCCCc2cccc(C3(C(=O)OC4CN5CCC4CC5)CCCCC3)c2)c(Cl)cc1CNCC(O)c1ccc(O)c2[nH]c(=O)ccc12. The maximum Gasteiger partial charge on any atom is 0.316 e. The molecule has 58 heavy (non-hydrogen) atoms. The number of fused-ring (bicyclic) bond motifs is 4. The third-order valence-electron chi connectivity index (χ3n) is 12.3. The topological polar surface area (TPSA) is 162 Å². The van der Waals surface area contributed by atoms with Crippen LogP contribution in [0.5, 0.6) is 17.2 Å². The van der Waals surface area contributed by atoms with Gasteiger partial charge in [0, 0.05) is 49.3 Å². The molecule has 5 N–H and O–H groups in total. The Kier molecular flexibility index (Phi) is 13.6. The van der Waals surface area contributed by atoms with Gasteiger partial charge < -0.3 is 40.0 Å². The van der Waals surface area contributed by atoms with Gasteiger partial charge in [0.25, 0.3) is 5.91 Å². The van der Waals surface area contributed by atoms with E-state index in [1.165, 1.54) is 24.8 Å². The zero-order valence-electron chi connectivity index (χ0n) is 33.2. The average Bonchev–Trinajstić information content (AvgIpc) is 3.24. The highest BCUT2D eigenvalue weighted by molar-refractivity contribution is 6.32. The van der Waals surface area contributed by atoms with Crippen molar-refractivity contribution >= 4 is 34.4 Å². The van der Waals surface area contributed by atoms with E-state index in [0.29, 0.717) is 46.5 Å². The number of nitrogens with one attached hydrogen (secondary N) is 3. The van der Waals surface area contributed by atoms with Gasteiger partial charge in [-0.1, -0.05) is 61.2 Å². The maximum absolute atomic E-state index is 14.0. The summed E-state index contributed by atoms with van der Waals surface area (Å²) in [6, 6.07) is 17.8. The van der Waals surface area contributed by atoms with Crippen LogP contribution in [0.4, 0.5) is 0 Å². The predicted molar refractivity (Wildman–Crippen MR) is 223 cm³/mol. The van der Waals surface area contributed by atoms with Crippen LogP contribution < -0.4 is 25.7 Å². The van der Waals surface area contributed by atoms with Gasteiger partial charge >= 0.3 is 5.97 Å². The number of hydrogen-bond donors (Lipinski definition) is 5. The molecule has 12 nitrogen and oxygen atoms in total. The number of phenols is 1. The molecular weight excluding hydrogens is 760 g/mol. The first-order valence-electron chi connectivity index (χ1n) is 20.7. The summed E-state index contributed by atoms with van der Waals surface area (Å²) in [5.41, 5.74) is 2.89. The van der Waals surface area contributed by atoms with E-state index in [1.54, 1.807) is 24.3 Å². The number of methoxy groups -OCH3 is 1. The van der Waals surface area contributed by atoms with Gasteiger partial charge in [-0.2, -0.15) is 0 Å². The second kappa shape index (κ2) is 19.0. The Bertz CT molecular complexity index is 2130. The number of aliphatic hydroxyl groups is 1. The summed E-state index contributed by atoms with van der Waals surface area (Å²) in [5, 5.41) is 28.1. The number of aliphatic hydroxyl groups excluding tert-OH is 1. The number of phenolic OH excluding ortho intramolecular Hbond substituents is 1. The second-order valence-electron chi connectivity index (χ2n) is 16.0. The molecule has 1 aromatic heterocycles. The van der Waals surface area contributed by atoms with E-state index in [4.69, 9.17) is 25.8 Å². The van der Waals surface area contributed by atoms with Gasteiger partial charge in [0.1, 0.15) is 23.4 Å². The fourth-order valence-corrected chi connectivity index (χ4v) is 9.22. The highest BCUT2D eigenvalue weighted by Crippen LogP contribution is 2.42. The number of piperidine rings is 3. The minimum atomic E-state index is -0.932. The van der Waals surface area contributed by atoms with E-state index < -0.39 is 11.5 Å². The lowest BCUT2D eigenvalue weighted by atomic mass is 9.69. The maximum atomic E-state index is 14.0. The Morgan fingerprint density at radius 2 is 1.83 bits per heavy atom. The third-order valence-corrected chi connectivity index (χ3v) is 12.6. The molecule has 3 saturated heterocycles. The van der Waals surface area contributed by atoms with Crippen molar-refractivity contribution in [1.29, 1.82) is 0 Å². The number of rotatable bonds is 17. The lowest BCUT2D eigenvalue weighted by Crippen LogP contribution is -2.53. The Hall–Kier alpha value is -4.62. The number of nitrogens with zero attached hydrogens (tertiary/aromatic N) is 1. The Morgan fingerprint density at radius 3 is 2.59 bits per heavy atom. The first-order valence-corrected chi connectivity index (χ1v) is 21.0. The molecule has 3 aromatic carbocycles. The van der Waals surface area contributed by atoms with Crippen LogP contribution in [0.15, 0.2) is 65.5 Å². The van der Waals surface area contributed by atoms with Crippen LogP contribution in [0, 0.1) is 5.92 Å². The number of carbonyl (C=O) groups excluding carboxylic acids is 2. The number of H-pyrrole nitrogens is 1. The number of aromatic amines is 1. The number of halogens is 1. The van der Waals surface area contributed by atoms with Crippen molar-refractivity contribution in [2.75, 3.05) is 46.4 Å². The number of ether oxygens (including phenoxy) is 3. The summed E-state index contributed by atoms with van der Waals surface area (Å²) >= 11 is 6.55. The fourth-order valence-electron chi connectivity index (χ4n) is 8.98. The van der Waals surface area contributed by atoms with E-state index in [2.05, 4.69) is 44.8 Å². The van der Waals surface area contributed by atoms with Gasteiger partial charge in [-0.15, -0.1) is 0 Å². The molecule has 0 spiro atoms. The van der Waals surface area contributed by atoms with Crippen LogP contribution in [0.2, 0.25) is 5.02 Å². The van der Waals surface area contributed by atoms with Crippen molar-refractivity contribution < 1.29 is 34.0 Å². The normalized spacial score (nSPS) is 20.4. The summed E-state index contributed by atoms with van der Waals surface area (Å²) < 4.78 is 17.7. The molecule has 4 fully saturated rings. The number of amides is 1. The first-order chi connectivity index (χ1) is 28.1. The highest BCUT2D eigenvalue weighted by atomic mass is 35.5. The van der Waals surface area contributed by atoms with Crippen LogP contribution in [0.3, 0.4) is 0 Å².